The lowest BCUT2D eigenvalue weighted by Crippen LogP contribution is -2.13. The highest BCUT2D eigenvalue weighted by Gasteiger charge is 2.12. The van der Waals surface area contributed by atoms with Gasteiger partial charge in [-0.2, -0.15) is 8.78 Å². The number of benzene rings is 2. The van der Waals surface area contributed by atoms with E-state index < -0.39 is 18.3 Å². The number of amides is 1. The first kappa shape index (κ1) is 15.2. The summed E-state index contributed by atoms with van der Waals surface area (Å²) in [5.74, 6) is -1.37. The molecule has 7 heteroatoms. The van der Waals surface area contributed by atoms with E-state index >= 15 is 0 Å². The summed E-state index contributed by atoms with van der Waals surface area (Å²) in [6.45, 7) is -2.92. The van der Waals surface area contributed by atoms with Gasteiger partial charge in [-0.3, -0.25) is 4.79 Å². The molecule has 1 amide bonds. The monoisotopic (exact) mass is 313 g/mol. The number of alkyl halides is 2. The van der Waals surface area contributed by atoms with Gasteiger partial charge in [-0.15, -0.1) is 12.6 Å². The first-order valence-electron chi connectivity index (χ1n) is 5.80. The van der Waals surface area contributed by atoms with Crippen LogP contribution in [0.25, 0.3) is 0 Å². The number of anilines is 1. The average Bonchev–Trinajstić information content (AvgIpc) is 2.43. The van der Waals surface area contributed by atoms with Crippen molar-refractivity contribution in [2.45, 2.75) is 11.5 Å². The topological polar surface area (TPSA) is 38.3 Å². The number of rotatable bonds is 4. The molecule has 0 radical (unpaired) electrons. The Hall–Kier alpha value is -2.15. The van der Waals surface area contributed by atoms with Gasteiger partial charge >= 0.3 is 6.61 Å². The predicted octanol–water partition coefficient (Wildman–Crippen LogP) is 3.97. The minimum Gasteiger partial charge on any atom is -0.435 e. The van der Waals surface area contributed by atoms with Crippen molar-refractivity contribution in [2.75, 3.05) is 5.32 Å². The SMILES string of the molecule is O=C(Nc1ccc(OC(F)F)cc1)c1cc(S)ccc1F. The standard InChI is InChI=1S/C14H10F3NO2S/c15-12-6-5-10(21)7-11(12)13(19)18-8-1-3-9(4-2-8)20-14(16)17/h1-7,14,21H,(H,18,19). The van der Waals surface area contributed by atoms with Crippen LogP contribution in [0.5, 0.6) is 5.75 Å². The molecule has 0 aliphatic rings. The fraction of sp³-hybridized carbons (Fsp3) is 0.0714. The number of carbonyl (C=O) groups excluding carboxylic acids is 1. The van der Waals surface area contributed by atoms with E-state index in [2.05, 4.69) is 22.7 Å². The summed E-state index contributed by atoms with van der Waals surface area (Å²) < 4.78 is 41.7. The van der Waals surface area contributed by atoms with Crippen LogP contribution in [0.1, 0.15) is 10.4 Å². The lowest BCUT2D eigenvalue weighted by Gasteiger charge is -2.08. The van der Waals surface area contributed by atoms with Gasteiger partial charge in [0.15, 0.2) is 0 Å². The van der Waals surface area contributed by atoms with Gasteiger partial charge in [0.2, 0.25) is 0 Å². The van der Waals surface area contributed by atoms with Crippen LogP contribution in [-0.2, 0) is 0 Å². The number of hydrogen-bond donors (Lipinski definition) is 2. The largest absolute Gasteiger partial charge is 0.435 e. The Kier molecular flexibility index (Phi) is 4.74. The molecule has 0 heterocycles. The molecule has 3 nitrogen and oxygen atoms in total. The summed E-state index contributed by atoms with van der Waals surface area (Å²) in [4.78, 5) is 12.4. The molecule has 0 atom stereocenters. The lowest BCUT2D eigenvalue weighted by molar-refractivity contribution is -0.0498. The maximum absolute atomic E-state index is 13.5. The van der Waals surface area contributed by atoms with Gasteiger partial charge < -0.3 is 10.1 Å². The molecule has 0 unspecified atom stereocenters. The molecule has 0 saturated carbocycles. The molecular formula is C14H10F3NO2S. The molecule has 1 N–H and O–H groups in total. The molecule has 0 aromatic heterocycles. The van der Waals surface area contributed by atoms with Crippen LogP contribution in [0.2, 0.25) is 0 Å². The zero-order valence-electron chi connectivity index (χ0n) is 10.5. The highest BCUT2D eigenvalue weighted by atomic mass is 32.1. The molecule has 0 bridgehead atoms. The zero-order chi connectivity index (χ0) is 15.4. The van der Waals surface area contributed by atoms with Gasteiger partial charge in [0.25, 0.3) is 5.91 Å². The highest BCUT2D eigenvalue weighted by molar-refractivity contribution is 7.80. The number of hydrogen-bond acceptors (Lipinski definition) is 3. The zero-order valence-corrected chi connectivity index (χ0v) is 11.4. The highest BCUT2D eigenvalue weighted by Crippen LogP contribution is 2.19. The second kappa shape index (κ2) is 6.53. The summed E-state index contributed by atoms with van der Waals surface area (Å²) >= 11 is 4.03. The van der Waals surface area contributed by atoms with Crippen LogP contribution in [0.3, 0.4) is 0 Å². The van der Waals surface area contributed by atoms with Crippen molar-refractivity contribution in [3.63, 3.8) is 0 Å². The quantitative estimate of drug-likeness (QED) is 0.838. The smallest absolute Gasteiger partial charge is 0.387 e. The van der Waals surface area contributed by atoms with Gasteiger partial charge in [-0.25, -0.2) is 4.39 Å². The van der Waals surface area contributed by atoms with E-state index in [4.69, 9.17) is 0 Å². The minimum atomic E-state index is -2.92. The number of nitrogens with one attached hydrogen (secondary N) is 1. The van der Waals surface area contributed by atoms with Gasteiger partial charge in [0, 0.05) is 10.6 Å². The van der Waals surface area contributed by atoms with E-state index in [0.717, 1.165) is 6.07 Å². The molecule has 0 saturated heterocycles. The third kappa shape index (κ3) is 4.16. The van der Waals surface area contributed by atoms with Crippen molar-refractivity contribution in [1.29, 1.82) is 0 Å². The molecule has 2 aromatic carbocycles. The Morgan fingerprint density at radius 1 is 1.14 bits per heavy atom. The predicted molar refractivity (Wildman–Crippen MR) is 74.7 cm³/mol. The van der Waals surface area contributed by atoms with Crippen molar-refractivity contribution in [3.8, 4) is 5.75 Å². The summed E-state index contributed by atoms with van der Waals surface area (Å²) in [7, 11) is 0. The molecule has 0 fully saturated rings. The van der Waals surface area contributed by atoms with Crippen molar-refractivity contribution < 1.29 is 22.7 Å². The second-order valence-corrected chi connectivity index (χ2v) is 4.54. The van der Waals surface area contributed by atoms with E-state index in [-0.39, 0.29) is 11.3 Å². The molecule has 0 spiro atoms. The Labute approximate surface area is 124 Å². The maximum Gasteiger partial charge on any atom is 0.387 e. The molecule has 110 valence electrons. The lowest BCUT2D eigenvalue weighted by atomic mass is 10.2. The van der Waals surface area contributed by atoms with Crippen LogP contribution in [0, 0.1) is 5.82 Å². The molecule has 2 rings (SSSR count). The normalized spacial score (nSPS) is 10.5. The minimum absolute atomic E-state index is 0.0356. The van der Waals surface area contributed by atoms with Crippen molar-refractivity contribution in [3.05, 3.63) is 53.8 Å². The molecule has 2 aromatic rings. The van der Waals surface area contributed by atoms with Crippen molar-refractivity contribution in [2.24, 2.45) is 0 Å². The van der Waals surface area contributed by atoms with E-state index in [9.17, 15) is 18.0 Å². The average molecular weight is 313 g/mol. The Morgan fingerprint density at radius 2 is 1.81 bits per heavy atom. The van der Waals surface area contributed by atoms with Crippen molar-refractivity contribution in [1.82, 2.24) is 0 Å². The van der Waals surface area contributed by atoms with Crippen molar-refractivity contribution >= 4 is 24.2 Å². The van der Waals surface area contributed by atoms with E-state index in [1.54, 1.807) is 0 Å². The van der Waals surface area contributed by atoms with Gasteiger partial charge in [0.1, 0.15) is 11.6 Å². The Balaban J connectivity index is 2.10. The first-order chi connectivity index (χ1) is 9.95. The fourth-order valence-electron chi connectivity index (χ4n) is 1.61. The first-order valence-corrected chi connectivity index (χ1v) is 6.25. The molecular weight excluding hydrogens is 303 g/mol. The van der Waals surface area contributed by atoms with Gasteiger partial charge in [0.05, 0.1) is 5.56 Å². The third-order valence-corrected chi connectivity index (χ3v) is 2.81. The number of carbonyl (C=O) groups is 1. The maximum atomic E-state index is 13.5. The number of ether oxygens (including phenoxy) is 1. The van der Waals surface area contributed by atoms with E-state index in [1.807, 2.05) is 0 Å². The van der Waals surface area contributed by atoms with Gasteiger partial charge in [-0.1, -0.05) is 0 Å². The van der Waals surface area contributed by atoms with Crippen LogP contribution in [-0.4, -0.2) is 12.5 Å². The summed E-state index contributed by atoms with van der Waals surface area (Å²) in [6, 6.07) is 9.14. The van der Waals surface area contributed by atoms with Crippen LogP contribution >= 0.6 is 12.6 Å². The summed E-state index contributed by atoms with van der Waals surface area (Å²) in [6.07, 6.45) is 0. The molecule has 21 heavy (non-hydrogen) atoms. The summed E-state index contributed by atoms with van der Waals surface area (Å²) in [5, 5.41) is 2.45. The van der Waals surface area contributed by atoms with Crippen LogP contribution in [0.15, 0.2) is 47.4 Å². The Bertz CT molecular complexity index is 647. The number of thiol groups is 1. The van der Waals surface area contributed by atoms with Gasteiger partial charge in [-0.05, 0) is 42.5 Å². The summed E-state index contributed by atoms with van der Waals surface area (Å²) in [5.41, 5.74) is 0.168. The van der Waals surface area contributed by atoms with E-state index in [1.165, 1.54) is 36.4 Å². The number of halogens is 3. The Morgan fingerprint density at radius 3 is 2.43 bits per heavy atom. The molecule has 0 aliphatic heterocycles. The third-order valence-electron chi connectivity index (χ3n) is 2.53. The fourth-order valence-corrected chi connectivity index (χ4v) is 1.81. The molecule has 0 aliphatic carbocycles. The van der Waals surface area contributed by atoms with Crippen LogP contribution < -0.4 is 10.1 Å². The van der Waals surface area contributed by atoms with Crippen LogP contribution in [0.4, 0.5) is 18.9 Å². The second-order valence-electron chi connectivity index (χ2n) is 4.02. The van der Waals surface area contributed by atoms with E-state index in [0.29, 0.717) is 10.6 Å².